The summed E-state index contributed by atoms with van der Waals surface area (Å²) < 4.78 is 5.31. The van der Waals surface area contributed by atoms with Crippen molar-refractivity contribution in [3.8, 4) is 0 Å². The van der Waals surface area contributed by atoms with Crippen LogP contribution in [0.5, 0.6) is 0 Å². The van der Waals surface area contributed by atoms with Crippen molar-refractivity contribution < 1.29 is 14.3 Å². The molecule has 1 amide bonds. The van der Waals surface area contributed by atoms with E-state index in [1.54, 1.807) is 25.4 Å². The molecule has 6 nitrogen and oxygen atoms in total. The Morgan fingerprint density at radius 2 is 2.50 bits per heavy atom. The smallest absolute Gasteiger partial charge is 0.244 e. The minimum absolute atomic E-state index is 0.141. The van der Waals surface area contributed by atoms with Crippen LogP contribution >= 0.6 is 0 Å². The summed E-state index contributed by atoms with van der Waals surface area (Å²) >= 11 is 0. The number of aromatic nitrogens is 1. The van der Waals surface area contributed by atoms with Gasteiger partial charge in [0.05, 0.1) is 18.8 Å². The van der Waals surface area contributed by atoms with E-state index >= 15 is 0 Å². The molecule has 0 spiro atoms. The third kappa shape index (κ3) is 2.33. The second-order valence-electron chi connectivity index (χ2n) is 3.93. The molecule has 96 valence electrons. The number of anilines is 1. The molecule has 1 saturated heterocycles. The second-order valence-corrected chi connectivity index (χ2v) is 3.93. The normalized spacial score (nSPS) is 19.4. The lowest BCUT2D eigenvalue weighted by atomic mass is 10.1. The van der Waals surface area contributed by atoms with E-state index < -0.39 is 6.04 Å². The molecule has 0 radical (unpaired) electrons. The van der Waals surface area contributed by atoms with Crippen molar-refractivity contribution in [3.05, 3.63) is 23.9 Å². The van der Waals surface area contributed by atoms with Crippen molar-refractivity contribution in [2.75, 3.05) is 31.7 Å². The monoisotopic (exact) mass is 249 g/mol. The lowest BCUT2D eigenvalue weighted by Gasteiger charge is -2.35. The van der Waals surface area contributed by atoms with Crippen molar-refractivity contribution in [2.45, 2.75) is 6.04 Å². The number of nitrogens with zero attached hydrogens (tertiary/aromatic N) is 2. The maximum absolute atomic E-state index is 11.8. The van der Waals surface area contributed by atoms with Crippen LogP contribution in [0.4, 0.5) is 5.82 Å². The van der Waals surface area contributed by atoms with Gasteiger partial charge in [0.1, 0.15) is 11.9 Å². The summed E-state index contributed by atoms with van der Waals surface area (Å²) in [7, 11) is 1.58. The Balaban J connectivity index is 2.33. The number of rotatable bonds is 3. The maximum Gasteiger partial charge on any atom is 0.244 e. The number of amides is 1. The lowest BCUT2D eigenvalue weighted by molar-refractivity contribution is -0.124. The van der Waals surface area contributed by atoms with Crippen LogP contribution in [0.1, 0.15) is 10.4 Å². The van der Waals surface area contributed by atoms with Gasteiger partial charge in [-0.2, -0.15) is 0 Å². The zero-order chi connectivity index (χ0) is 13.0. The summed E-state index contributed by atoms with van der Waals surface area (Å²) in [6, 6.07) is 2.94. The van der Waals surface area contributed by atoms with Crippen LogP contribution in [0.2, 0.25) is 0 Å². The van der Waals surface area contributed by atoms with Gasteiger partial charge < -0.3 is 15.0 Å². The fraction of sp³-hybridized carbons (Fsp3) is 0.417. The number of carbonyl (C=O) groups excluding carboxylic acids is 2. The number of nitrogens with one attached hydrogen (secondary N) is 1. The summed E-state index contributed by atoms with van der Waals surface area (Å²) in [6.07, 6.45) is 2.36. The van der Waals surface area contributed by atoms with Gasteiger partial charge in [0, 0.05) is 19.8 Å². The number of morpholine rings is 1. The van der Waals surface area contributed by atoms with Crippen molar-refractivity contribution in [2.24, 2.45) is 0 Å². The minimum Gasteiger partial charge on any atom is -0.377 e. The zero-order valence-corrected chi connectivity index (χ0v) is 10.1. The molecule has 6 heteroatoms. The molecule has 0 aliphatic carbocycles. The highest BCUT2D eigenvalue weighted by molar-refractivity contribution is 5.88. The van der Waals surface area contributed by atoms with E-state index in [0.717, 1.165) is 6.29 Å². The van der Waals surface area contributed by atoms with Crippen LogP contribution in [0, 0.1) is 0 Å². The third-order valence-corrected chi connectivity index (χ3v) is 2.89. The molecule has 18 heavy (non-hydrogen) atoms. The Labute approximate surface area is 105 Å². The molecule has 1 aromatic rings. The van der Waals surface area contributed by atoms with Gasteiger partial charge in [0.25, 0.3) is 0 Å². The van der Waals surface area contributed by atoms with E-state index in [1.807, 2.05) is 4.90 Å². The Morgan fingerprint density at radius 3 is 3.22 bits per heavy atom. The Hall–Kier alpha value is -1.95. The van der Waals surface area contributed by atoms with Crippen molar-refractivity contribution in [1.82, 2.24) is 10.3 Å². The van der Waals surface area contributed by atoms with Crippen LogP contribution in [0.25, 0.3) is 0 Å². The largest absolute Gasteiger partial charge is 0.377 e. The molecule has 1 aliphatic heterocycles. The predicted molar refractivity (Wildman–Crippen MR) is 65.6 cm³/mol. The molecule has 1 fully saturated rings. The number of ether oxygens (including phenoxy) is 1. The summed E-state index contributed by atoms with van der Waals surface area (Å²) in [5, 5.41) is 2.60. The van der Waals surface area contributed by atoms with Gasteiger partial charge >= 0.3 is 0 Å². The first kappa shape index (κ1) is 12.5. The molecule has 0 aromatic carbocycles. The van der Waals surface area contributed by atoms with Crippen LogP contribution in [-0.2, 0) is 9.53 Å². The van der Waals surface area contributed by atoms with E-state index in [-0.39, 0.29) is 5.91 Å². The first-order valence-corrected chi connectivity index (χ1v) is 5.74. The first-order valence-electron chi connectivity index (χ1n) is 5.74. The number of hydrogen-bond acceptors (Lipinski definition) is 5. The van der Waals surface area contributed by atoms with Crippen LogP contribution in [0.15, 0.2) is 18.3 Å². The lowest BCUT2D eigenvalue weighted by Crippen LogP contribution is -2.54. The maximum atomic E-state index is 11.8. The molecule has 1 unspecified atom stereocenters. The Bertz CT molecular complexity index is 450. The van der Waals surface area contributed by atoms with Gasteiger partial charge in [-0.05, 0) is 12.1 Å². The van der Waals surface area contributed by atoms with Crippen molar-refractivity contribution >= 4 is 18.0 Å². The second kappa shape index (κ2) is 5.59. The topological polar surface area (TPSA) is 71.5 Å². The molecule has 1 atom stereocenters. The molecule has 1 aromatic heterocycles. The van der Waals surface area contributed by atoms with Crippen molar-refractivity contribution in [1.29, 1.82) is 0 Å². The van der Waals surface area contributed by atoms with Crippen LogP contribution in [0.3, 0.4) is 0 Å². The average Bonchev–Trinajstić information content (AvgIpc) is 2.46. The number of aldehydes is 1. The highest BCUT2D eigenvalue weighted by Crippen LogP contribution is 2.20. The molecular formula is C12H15N3O3. The third-order valence-electron chi connectivity index (χ3n) is 2.89. The van der Waals surface area contributed by atoms with E-state index in [2.05, 4.69) is 10.3 Å². The highest BCUT2D eigenvalue weighted by Gasteiger charge is 2.30. The molecule has 1 N–H and O–H groups in total. The molecule has 0 saturated carbocycles. The Kier molecular flexibility index (Phi) is 3.88. The fourth-order valence-corrected chi connectivity index (χ4v) is 1.98. The quantitative estimate of drug-likeness (QED) is 0.754. The van der Waals surface area contributed by atoms with Crippen LogP contribution in [-0.4, -0.2) is 50.0 Å². The summed E-state index contributed by atoms with van der Waals surface area (Å²) in [5.41, 5.74) is 0.480. The van der Waals surface area contributed by atoms with Gasteiger partial charge in [-0.25, -0.2) is 4.98 Å². The standard InChI is InChI=1S/C12H15N3O3/c1-13-12(17)10-8-18-6-5-15(10)11-9(7-16)3-2-4-14-11/h2-4,7,10H,5-6,8H2,1H3,(H,13,17). The number of carbonyl (C=O) groups is 2. The summed E-state index contributed by atoms with van der Waals surface area (Å²) in [5.74, 6) is 0.390. The first-order chi connectivity index (χ1) is 8.77. The molecule has 2 rings (SSSR count). The van der Waals surface area contributed by atoms with Crippen molar-refractivity contribution in [3.63, 3.8) is 0 Å². The molecular weight excluding hydrogens is 234 g/mol. The van der Waals surface area contributed by atoms with Gasteiger partial charge in [-0.15, -0.1) is 0 Å². The van der Waals surface area contributed by atoms with Gasteiger partial charge in [0.2, 0.25) is 5.91 Å². The molecule has 1 aliphatic rings. The highest BCUT2D eigenvalue weighted by atomic mass is 16.5. The molecule has 0 bridgehead atoms. The minimum atomic E-state index is -0.447. The van der Waals surface area contributed by atoms with E-state index in [1.165, 1.54) is 0 Å². The number of hydrogen-bond donors (Lipinski definition) is 1. The Morgan fingerprint density at radius 1 is 1.67 bits per heavy atom. The van der Waals surface area contributed by atoms with E-state index in [9.17, 15) is 9.59 Å². The number of pyridine rings is 1. The van der Waals surface area contributed by atoms with Gasteiger partial charge in [0.15, 0.2) is 6.29 Å². The van der Waals surface area contributed by atoms with Gasteiger partial charge in [-0.1, -0.05) is 0 Å². The predicted octanol–water partition coefficient (Wildman–Crippen LogP) is -0.155. The van der Waals surface area contributed by atoms with E-state index in [4.69, 9.17) is 4.74 Å². The average molecular weight is 249 g/mol. The zero-order valence-electron chi connectivity index (χ0n) is 10.1. The van der Waals surface area contributed by atoms with E-state index in [0.29, 0.717) is 31.1 Å². The van der Waals surface area contributed by atoms with Crippen LogP contribution < -0.4 is 10.2 Å². The SMILES string of the molecule is CNC(=O)C1COCCN1c1ncccc1C=O. The number of likely N-dealkylation sites (N-methyl/N-ethyl adjacent to an activating group) is 1. The van der Waals surface area contributed by atoms with Gasteiger partial charge in [-0.3, -0.25) is 9.59 Å². The summed E-state index contributed by atoms with van der Waals surface area (Å²) in [6.45, 7) is 1.35. The summed E-state index contributed by atoms with van der Waals surface area (Å²) in [4.78, 5) is 28.8. The molecule has 2 heterocycles. The fourth-order valence-electron chi connectivity index (χ4n) is 1.98.